The van der Waals surface area contributed by atoms with Gasteiger partial charge in [0.05, 0.1) is 11.4 Å². The Morgan fingerprint density at radius 1 is 1.19 bits per heavy atom. The van der Waals surface area contributed by atoms with Crippen molar-refractivity contribution in [1.82, 2.24) is 15.9 Å². The first kappa shape index (κ1) is 19.9. The molecule has 1 aromatic carbocycles. The van der Waals surface area contributed by atoms with Gasteiger partial charge in [-0.3, -0.25) is 15.6 Å². The summed E-state index contributed by atoms with van der Waals surface area (Å²) in [5.74, 6) is 0.0305. The van der Waals surface area contributed by atoms with Gasteiger partial charge in [0.25, 0.3) is 0 Å². The van der Waals surface area contributed by atoms with Crippen LogP contribution in [0.5, 0.6) is 0 Å². The molecule has 6 nitrogen and oxygen atoms in total. The van der Waals surface area contributed by atoms with Gasteiger partial charge in [-0.25, -0.2) is 10.9 Å². The molecule has 1 aromatic heterocycles. The minimum absolute atomic E-state index is 0. The van der Waals surface area contributed by atoms with Crippen molar-refractivity contribution in [3.8, 4) is 0 Å². The molecule has 7 heteroatoms. The van der Waals surface area contributed by atoms with E-state index in [0.29, 0.717) is 5.92 Å². The van der Waals surface area contributed by atoms with Gasteiger partial charge >= 0.3 is 0 Å². The van der Waals surface area contributed by atoms with Crippen LogP contribution in [0.3, 0.4) is 0 Å². The van der Waals surface area contributed by atoms with Crippen LogP contribution >= 0.6 is 12.4 Å². The minimum atomic E-state index is -0.260. The van der Waals surface area contributed by atoms with Crippen molar-refractivity contribution in [2.75, 3.05) is 0 Å². The first-order valence-corrected chi connectivity index (χ1v) is 8.32. The Balaban J connectivity index is 0.00000243. The van der Waals surface area contributed by atoms with E-state index >= 15 is 0 Å². The maximum absolute atomic E-state index is 8.79. The molecule has 0 aliphatic heterocycles. The second kappa shape index (κ2) is 8.29. The molecule has 138 valence electrons. The third-order valence-electron chi connectivity index (χ3n) is 4.69. The summed E-state index contributed by atoms with van der Waals surface area (Å²) in [6.45, 7) is 6.28. The van der Waals surface area contributed by atoms with Crippen molar-refractivity contribution in [3.63, 3.8) is 0 Å². The normalized spacial score (nSPS) is 17.2. The van der Waals surface area contributed by atoms with Crippen LogP contribution in [-0.2, 0) is 6.42 Å². The van der Waals surface area contributed by atoms with Crippen LogP contribution in [0.4, 0.5) is 0 Å². The molecule has 0 bridgehead atoms. The SMILES string of the molecule is Cc1ccc(C)c(C2C/C(=N/NC(=N)NO)c3c(C)ccnc3C2)c1.Cl. The molecule has 2 aromatic rings. The van der Waals surface area contributed by atoms with E-state index in [-0.39, 0.29) is 18.4 Å². The lowest BCUT2D eigenvalue weighted by Gasteiger charge is -2.28. The van der Waals surface area contributed by atoms with E-state index in [2.05, 4.69) is 47.6 Å². The molecule has 0 saturated heterocycles. The van der Waals surface area contributed by atoms with E-state index in [4.69, 9.17) is 10.6 Å². The number of aromatic nitrogens is 1. The second-order valence-corrected chi connectivity index (χ2v) is 6.57. The smallest absolute Gasteiger partial charge is 0.233 e. The van der Waals surface area contributed by atoms with Gasteiger partial charge in [-0.1, -0.05) is 23.8 Å². The molecule has 1 heterocycles. The highest BCUT2D eigenvalue weighted by atomic mass is 35.5. The van der Waals surface area contributed by atoms with Crippen molar-refractivity contribution in [2.24, 2.45) is 5.10 Å². The lowest BCUT2D eigenvalue weighted by molar-refractivity contribution is 0.228. The van der Waals surface area contributed by atoms with E-state index in [0.717, 1.165) is 35.4 Å². The summed E-state index contributed by atoms with van der Waals surface area (Å²) in [5.41, 5.74) is 12.2. The summed E-state index contributed by atoms with van der Waals surface area (Å²) in [7, 11) is 0. The molecule has 4 N–H and O–H groups in total. The minimum Gasteiger partial charge on any atom is -0.288 e. The van der Waals surface area contributed by atoms with Crippen LogP contribution < -0.4 is 10.9 Å². The van der Waals surface area contributed by atoms with Crippen molar-refractivity contribution >= 4 is 24.1 Å². The number of fused-ring (bicyclic) bond motifs is 1. The zero-order chi connectivity index (χ0) is 18.0. The number of aryl methyl sites for hydroxylation is 3. The number of hydrazone groups is 1. The number of rotatable bonds is 2. The number of nitrogens with zero attached hydrogens (tertiary/aromatic N) is 2. The first-order valence-electron chi connectivity index (χ1n) is 8.32. The number of benzene rings is 1. The van der Waals surface area contributed by atoms with Crippen LogP contribution in [0, 0.1) is 26.2 Å². The molecule has 3 rings (SSSR count). The maximum Gasteiger partial charge on any atom is 0.233 e. The van der Waals surface area contributed by atoms with Gasteiger partial charge in [0.15, 0.2) is 0 Å². The van der Waals surface area contributed by atoms with Gasteiger partial charge in [-0.2, -0.15) is 5.10 Å². The van der Waals surface area contributed by atoms with Gasteiger partial charge in [-0.15, -0.1) is 12.4 Å². The monoisotopic (exact) mass is 373 g/mol. The highest BCUT2D eigenvalue weighted by Crippen LogP contribution is 2.35. The van der Waals surface area contributed by atoms with Gasteiger partial charge in [0, 0.05) is 11.8 Å². The number of pyridine rings is 1. The molecule has 1 atom stereocenters. The Hall–Kier alpha value is -2.44. The third kappa shape index (κ3) is 4.03. The lowest BCUT2D eigenvalue weighted by atomic mass is 9.78. The summed E-state index contributed by atoms with van der Waals surface area (Å²) >= 11 is 0. The fraction of sp³-hybridized carbons (Fsp3) is 0.316. The number of halogens is 1. The second-order valence-electron chi connectivity index (χ2n) is 6.57. The number of hydrogen-bond donors (Lipinski definition) is 4. The Kier molecular flexibility index (Phi) is 6.34. The van der Waals surface area contributed by atoms with E-state index in [1.165, 1.54) is 16.7 Å². The summed E-state index contributed by atoms with van der Waals surface area (Å²) < 4.78 is 0. The molecule has 0 fully saturated rings. The largest absolute Gasteiger partial charge is 0.288 e. The average Bonchev–Trinajstić information content (AvgIpc) is 2.61. The van der Waals surface area contributed by atoms with E-state index in [9.17, 15) is 0 Å². The van der Waals surface area contributed by atoms with Crippen LogP contribution in [-0.4, -0.2) is 21.9 Å². The Morgan fingerprint density at radius 3 is 2.69 bits per heavy atom. The molecule has 0 radical (unpaired) electrons. The first-order chi connectivity index (χ1) is 12.0. The van der Waals surface area contributed by atoms with Gasteiger partial charge in [0.2, 0.25) is 5.96 Å². The fourth-order valence-corrected chi connectivity index (χ4v) is 3.47. The van der Waals surface area contributed by atoms with Crippen molar-refractivity contribution in [2.45, 2.75) is 39.5 Å². The van der Waals surface area contributed by atoms with Crippen molar-refractivity contribution in [3.05, 3.63) is 64.0 Å². The Bertz CT molecular complexity index is 850. The van der Waals surface area contributed by atoms with Crippen LogP contribution in [0.1, 0.15) is 45.8 Å². The topological polar surface area (TPSA) is 93.4 Å². The van der Waals surface area contributed by atoms with E-state index < -0.39 is 0 Å². The summed E-state index contributed by atoms with van der Waals surface area (Å²) in [6, 6.07) is 8.50. The third-order valence-corrected chi connectivity index (χ3v) is 4.69. The lowest BCUT2D eigenvalue weighted by Crippen LogP contribution is -2.32. The molecule has 1 aliphatic carbocycles. The van der Waals surface area contributed by atoms with Crippen molar-refractivity contribution in [1.29, 1.82) is 5.41 Å². The van der Waals surface area contributed by atoms with Gasteiger partial charge < -0.3 is 0 Å². The van der Waals surface area contributed by atoms with Crippen LogP contribution in [0.2, 0.25) is 0 Å². The number of hydrogen-bond acceptors (Lipinski definition) is 4. The Labute approximate surface area is 159 Å². The number of hydroxylamine groups is 1. The van der Waals surface area contributed by atoms with Gasteiger partial charge in [0.1, 0.15) is 0 Å². The van der Waals surface area contributed by atoms with Gasteiger partial charge in [-0.05, 0) is 62.3 Å². The molecule has 0 amide bonds. The fourth-order valence-electron chi connectivity index (χ4n) is 3.47. The summed E-state index contributed by atoms with van der Waals surface area (Å²) in [4.78, 5) is 4.58. The summed E-state index contributed by atoms with van der Waals surface area (Å²) in [5, 5.41) is 20.6. The zero-order valence-corrected chi connectivity index (χ0v) is 15.9. The maximum atomic E-state index is 8.79. The van der Waals surface area contributed by atoms with Crippen molar-refractivity contribution < 1.29 is 5.21 Å². The van der Waals surface area contributed by atoms with E-state index in [1.54, 1.807) is 5.48 Å². The predicted molar refractivity (Wildman–Crippen MR) is 106 cm³/mol. The molecule has 0 saturated carbocycles. The summed E-state index contributed by atoms with van der Waals surface area (Å²) in [6.07, 6.45) is 3.47. The molecule has 1 aliphatic rings. The molecule has 0 spiro atoms. The molecule has 26 heavy (non-hydrogen) atoms. The van der Waals surface area contributed by atoms with Crippen LogP contribution in [0.15, 0.2) is 35.6 Å². The quantitative estimate of drug-likeness (QED) is 0.369. The highest BCUT2D eigenvalue weighted by molar-refractivity contribution is 6.04. The number of guanidine groups is 1. The van der Waals surface area contributed by atoms with Crippen LogP contribution in [0.25, 0.3) is 0 Å². The highest BCUT2D eigenvalue weighted by Gasteiger charge is 2.28. The zero-order valence-electron chi connectivity index (χ0n) is 15.1. The Morgan fingerprint density at radius 2 is 1.96 bits per heavy atom. The van der Waals surface area contributed by atoms with E-state index in [1.807, 2.05) is 19.2 Å². The number of nitrogens with one attached hydrogen (secondary N) is 3. The molecular formula is C19H24ClN5O. The standard InChI is InChI=1S/C19H23N5O.ClH/c1-11-4-5-12(2)15(8-11)14-9-16-18(13(3)6-7-21-16)17(10-14)22-23-19(20)24-25;/h4-8,14,25H,9-10H2,1-3H3,(H3,20,23,24);1H/b22-17-;. The molecule has 1 unspecified atom stereocenters. The predicted octanol–water partition coefficient (Wildman–Crippen LogP) is 3.37. The average molecular weight is 374 g/mol. The molecular weight excluding hydrogens is 350 g/mol.